The van der Waals surface area contributed by atoms with Crippen LogP contribution < -0.4 is 5.32 Å². The first-order valence-electron chi connectivity index (χ1n) is 8.19. The lowest BCUT2D eigenvalue weighted by molar-refractivity contribution is -0.140. The summed E-state index contributed by atoms with van der Waals surface area (Å²) in [6, 6.07) is 1.94. The van der Waals surface area contributed by atoms with Crippen molar-refractivity contribution in [3.63, 3.8) is 0 Å². The van der Waals surface area contributed by atoms with E-state index in [1.54, 1.807) is 6.08 Å². The predicted molar refractivity (Wildman–Crippen MR) is 92.1 cm³/mol. The lowest BCUT2D eigenvalue weighted by atomic mass is 9.87. The average molecular weight is 366 g/mol. The molecule has 0 saturated carbocycles. The summed E-state index contributed by atoms with van der Waals surface area (Å²) in [5.41, 5.74) is 0.138. The summed E-state index contributed by atoms with van der Waals surface area (Å²) in [4.78, 5) is 49.4. The van der Waals surface area contributed by atoms with Crippen molar-refractivity contribution in [1.29, 1.82) is 0 Å². The molecule has 0 saturated heterocycles. The van der Waals surface area contributed by atoms with Crippen molar-refractivity contribution in [3.05, 3.63) is 71.0 Å². The number of carbonyl (C=O) groups excluding carboxylic acids is 2. The topological polar surface area (TPSA) is 124 Å². The van der Waals surface area contributed by atoms with Crippen LogP contribution in [0.4, 0.5) is 0 Å². The number of allylic oxidation sites excluding steroid dienone is 2. The number of amides is 2. The van der Waals surface area contributed by atoms with Gasteiger partial charge in [-0.2, -0.15) is 0 Å². The standard InChI is InChI=1S/C19H14N2O6/c22-16-11-6-5-9(18(24)25)7-12(11)17(23)21(16)15(19(26)27)13-8-20-14-4-2-1-3-10(13)14/h1-8,10,14-15,20H,(H,24,25)(H,26,27). The maximum absolute atomic E-state index is 12.8. The molecule has 0 radical (unpaired) electrons. The molecule has 2 amide bonds. The maximum atomic E-state index is 12.8. The lowest BCUT2D eigenvalue weighted by Crippen LogP contribution is -2.47. The second-order valence-corrected chi connectivity index (χ2v) is 6.42. The second-order valence-electron chi connectivity index (χ2n) is 6.42. The molecule has 136 valence electrons. The lowest BCUT2D eigenvalue weighted by Gasteiger charge is -2.27. The third-order valence-corrected chi connectivity index (χ3v) is 4.94. The zero-order chi connectivity index (χ0) is 19.3. The number of rotatable bonds is 4. The molecule has 1 aliphatic carbocycles. The first-order chi connectivity index (χ1) is 12.9. The number of nitrogens with zero attached hydrogens (tertiary/aromatic N) is 1. The molecule has 8 nitrogen and oxygen atoms in total. The van der Waals surface area contributed by atoms with Crippen LogP contribution in [0.5, 0.6) is 0 Å². The molecule has 1 aromatic rings. The van der Waals surface area contributed by atoms with E-state index in [0.29, 0.717) is 10.5 Å². The van der Waals surface area contributed by atoms with E-state index in [2.05, 4.69) is 5.32 Å². The van der Waals surface area contributed by atoms with Crippen molar-refractivity contribution in [2.24, 2.45) is 5.92 Å². The highest BCUT2D eigenvalue weighted by Gasteiger charge is 2.47. The minimum atomic E-state index is -1.48. The first kappa shape index (κ1) is 16.8. The van der Waals surface area contributed by atoms with Crippen LogP contribution >= 0.6 is 0 Å². The summed E-state index contributed by atoms with van der Waals surface area (Å²) < 4.78 is 0. The van der Waals surface area contributed by atoms with Crippen LogP contribution in [-0.2, 0) is 4.79 Å². The number of carboxylic acid groups (broad SMARTS) is 2. The number of nitrogens with one attached hydrogen (secondary N) is 1. The molecule has 3 N–H and O–H groups in total. The molecule has 3 unspecified atom stereocenters. The van der Waals surface area contributed by atoms with Crippen LogP contribution in [0, 0.1) is 5.92 Å². The highest BCUT2D eigenvalue weighted by Crippen LogP contribution is 2.35. The average Bonchev–Trinajstić information content (AvgIpc) is 3.17. The molecular weight excluding hydrogens is 352 g/mol. The van der Waals surface area contributed by atoms with E-state index >= 15 is 0 Å². The monoisotopic (exact) mass is 366 g/mol. The van der Waals surface area contributed by atoms with Gasteiger partial charge in [0.15, 0.2) is 6.04 Å². The molecular formula is C19H14N2O6. The molecule has 27 heavy (non-hydrogen) atoms. The van der Waals surface area contributed by atoms with Gasteiger partial charge < -0.3 is 15.5 Å². The number of aliphatic carboxylic acids is 1. The Morgan fingerprint density at radius 2 is 1.74 bits per heavy atom. The van der Waals surface area contributed by atoms with Gasteiger partial charge in [0.2, 0.25) is 0 Å². The van der Waals surface area contributed by atoms with Gasteiger partial charge in [-0.05, 0) is 30.0 Å². The maximum Gasteiger partial charge on any atom is 0.335 e. The van der Waals surface area contributed by atoms with Gasteiger partial charge in [0.1, 0.15) is 0 Å². The Morgan fingerprint density at radius 3 is 2.44 bits per heavy atom. The highest BCUT2D eigenvalue weighted by molar-refractivity contribution is 6.23. The molecule has 2 heterocycles. The van der Waals surface area contributed by atoms with Crippen LogP contribution in [0.1, 0.15) is 31.1 Å². The van der Waals surface area contributed by atoms with Crippen LogP contribution in [0.25, 0.3) is 0 Å². The number of hydrogen-bond donors (Lipinski definition) is 3. The van der Waals surface area contributed by atoms with Crippen LogP contribution in [-0.4, -0.2) is 50.9 Å². The number of carbonyl (C=O) groups is 4. The number of aromatic carboxylic acids is 1. The molecule has 0 bridgehead atoms. The molecule has 3 atom stereocenters. The van der Waals surface area contributed by atoms with Crippen molar-refractivity contribution < 1.29 is 29.4 Å². The van der Waals surface area contributed by atoms with E-state index in [-0.39, 0.29) is 28.7 Å². The quantitative estimate of drug-likeness (QED) is 0.680. The van der Waals surface area contributed by atoms with Gasteiger partial charge in [0, 0.05) is 5.92 Å². The molecule has 0 aromatic heterocycles. The summed E-state index contributed by atoms with van der Waals surface area (Å²) in [6.45, 7) is 0. The van der Waals surface area contributed by atoms with Gasteiger partial charge in [-0.25, -0.2) is 9.59 Å². The van der Waals surface area contributed by atoms with Crippen molar-refractivity contribution in [2.45, 2.75) is 12.1 Å². The molecule has 4 rings (SSSR count). The Morgan fingerprint density at radius 1 is 1.04 bits per heavy atom. The molecule has 8 heteroatoms. The van der Waals surface area contributed by atoms with Crippen molar-refractivity contribution in [3.8, 4) is 0 Å². The molecule has 1 aromatic carbocycles. The molecule has 0 spiro atoms. The van der Waals surface area contributed by atoms with Crippen molar-refractivity contribution in [2.75, 3.05) is 0 Å². The number of imide groups is 1. The SMILES string of the molecule is O=C(O)c1ccc2c(c1)C(=O)N(C(C(=O)O)C1=CNC3C=CC=CC13)C2=O. The van der Waals surface area contributed by atoms with Gasteiger partial charge in [-0.15, -0.1) is 0 Å². The van der Waals surface area contributed by atoms with E-state index in [9.17, 15) is 24.3 Å². The largest absolute Gasteiger partial charge is 0.479 e. The summed E-state index contributed by atoms with van der Waals surface area (Å²) >= 11 is 0. The molecule has 2 aliphatic heterocycles. The number of fused-ring (bicyclic) bond motifs is 2. The summed E-state index contributed by atoms with van der Waals surface area (Å²) in [6.07, 6.45) is 8.82. The minimum Gasteiger partial charge on any atom is -0.479 e. The van der Waals surface area contributed by atoms with Crippen LogP contribution in [0.15, 0.2) is 54.3 Å². The first-order valence-corrected chi connectivity index (χ1v) is 8.19. The number of benzene rings is 1. The van der Waals surface area contributed by atoms with Crippen LogP contribution in [0.2, 0.25) is 0 Å². The van der Waals surface area contributed by atoms with Gasteiger partial charge in [0.05, 0.1) is 22.7 Å². The summed E-state index contributed by atoms with van der Waals surface area (Å²) in [5, 5.41) is 21.9. The van der Waals surface area contributed by atoms with E-state index in [0.717, 1.165) is 6.07 Å². The summed E-state index contributed by atoms with van der Waals surface area (Å²) in [7, 11) is 0. The Bertz CT molecular complexity index is 990. The normalized spacial score (nSPS) is 23.6. The van der Waals surface area contributed by atoms with Gasteiger partial charge in [0.25, 0.3) is 11.8 Å². The zero-order valence-corrected chi connectivity index (χ0v) is 13.8. The van der Waals surface area contributed by atoms with Gasteiger partial charge in [-0.1, -0.05) is 24.3 Å². The number of hydrogen-bond acceptors (Lipinski definition) is 5. The fraction of sp³-hybridized carbons (Fsp3) is 0.158. The van der Waals surface area contributed by atoms with Crippen molar-refractivity contribution in [1.82, 2.24) is 10.2 Å². The third kappa shape index (κ3) is 2.45. The number of carboxylic acids is 2. The van der Waals surface area contributed by atoms with E-state index < -0.39 is 29.8 Å². The van der Waals surface area contributed by atoms with Gasteiger partial charge in [-0.3, -0.25) is 14.5 Å². The van der Waals surface area contributed by atoms with E-state index in [1.165, 1.54) is 18.3 Å². The van der Waals surface area contributed by atoms with E-state index in [4.69, 9.17) is 5.11 Å². The highest BCUT2D eigenvalue weighted by atomic mass is 16.4. The van der Waals surface area contributed by atoms with Crippen LogP contribution in [0.3, 0.4) is 0 Å². The fourth-order valence-electron chi connectivity index (χ4n) is 3.66. The fourth-order valence-corrected chi connectivity index (χ4v) is 3.66. The predicted octanol–water partition coefficient (Wildman–Crippen LogP) is 1.03. The zero-order valence-electron chi connectivity index (χ0n) is 13.8. The minimum absolute atomic E-state index is 0.00145. The third-order valence-electron chi connectivity index (χ3n) is 4.94. The Balaban J connectivity index is 1.74. The summed E-state index contributed by atoms with van der Waals surface area (Å²) in [5.74, 6) is -4.44. The van der Waals surface area contributed by atoms with Gasteiger partial charge >= 0.3 is 11.9 Å². The molecule has 3 aliphatic rings. The Kier molecular flexibility index (Phi) is 3.69. The Labute approximate surface area is 153 Å². The molecule has 0 fully saturated rings. The Hall–Kier alpha value is -3.68. The second kappa shape index (κ2) is 5.94. The van der Waals surface area contributed by atoms with Crippen molar-refractivity contribution >= 4 is 23.8 Å². The van der Waals surface area contributed by atoms with E-state index in [1.807, 2.05) is 18.2 Å². The smallest absolute Gasteiger partial charge is 0.335 e.